The number of furan rings is 1. The number of rotatable bonds is 4. The number of ether oxygens (including phenoxy) is 1. The number of halogens is 3. The van der Waals surface area contributed by atoms with Gasteiger partial charge in [-0.05, 0) is 35.2 Å². The van der Waals surface area contributed by atoms with Crippen molar-refractivity contribution in [2.75, 3.05) is 17.7 Å². The Balaban J connectivity index is 1.65. The number of nitrogens with one attached hydrogen (secondary N) is 2. The lowest BCUT2D eigenvalue weighted by atomic mass is 9.87. The van der Waals surface area contributed by atoms with Crippen LogP contribution in [0.4, 0.5) is 24.7 Å². The number of methoxy groups -OCH3 is 1. The summed E-state index contributed by atoms with van der Waals surface area (Å²) in [6, 6.07) is 7.36. The van der Waals surface area contributed by atoms with Crippen molar-refractivity contribution in [2.24, 2.45) is 0 Å². The molecule has 4 rings (SSSR count). The lowest BCUT2D eigenvalue weighted by Crippen LogP contribution is -2.35. The van der Waals surface area contributed by atoms with E-state index in [-0.39, 0.29) is 23.3 Å². The van der Waals surface area contributed by atoms with Gasteiger partial charge in [0, 0.05) is 12.5 Å². The van der Waals surface area contributed by atoms with Crippen LogP contribution in [-0.2, 0) is 5.41 Å². The number of carbonyl (C=O) groups excluding carboxylic acids is 1. The van der Waals surface area contributed by atoms with Gasteiger partial charge in [-0.15, -0.1) is 0 Å². The first-order valence-corrected chi connectivity index (χ1v) is 10.4. The van der Waals surface area contributed by atoms with Crippen molar-refractivity contribution in [3.05, 3.63) is 59.7 Å². The van der Waals surface area contributed by atoms with Crippen molar-refractivity contribution in [3.63, 3.8) is 0 Å². The Hall–Kier alpha value is -3.43. The number of hydrogen-bond acceptors (Lipinski definition) is 5. The zero-order chi connectivity index (χ0) is 24.0. The van der Waals surface area contributed by atoms with Gasteiger partial charge < -0.3 is 19.8 Å². The molecule has 10 heteroatoms. The third kappa shape index (κ3) is 4.55. The predicted octanol–water partition coefficient (Wildman–Crippen LogP) is 5.69. The monoisotopic (exact) mass is 462 g/mol. The van der Waals surface area contributed by atoms with E-state index in [0.29, 0.717) is 17.2 Å². The molecule has 176 valence electrons. The molecule has 0 fully saturated rings. The van der Waals surface area contributed by atoms with Crippen LogP contribution in [0, 0.1) is 0 Å². The Bertz CT molecular complexity index is 1150. The maximum Gasteiger partial charge on any atom is 0.410 e. The van der Waals surface area contributed by atoms with E-state index in [2.05, 4.69) is 15.7 Å². The summed E-state index contributed by atoms with van der Waals surface area (Å²) >= 11 is 0. The highest BCUT2D eigenvalue weighted by atomic mass is 19.4. The van der Waals surface area contributed by atoms with Crippen LogP contribution >= 0.6 is 0 Å². The normalized spacial score (nSPS) is 18.4. The van der Waals surface area contributed by atoms with Crippen molar-refractivity contribution >= 4 is 17.4 Å². The summed E-state index contributed by atoms with van der Waals surface area (Å²) in [7, 11) is 1.48. The van der Waals surface area contributed by atoms with Gasteiger partial charge in [0.05, 0.1) is 25.1 Å². The summed E-state index contributed by atoms with van der Waals surface area (Å²) in [5.41, 5.74) is 1.05. The molecule has 3 aromatic rings. The second-order valence-corrected chi connectivity index (χ2v) is 8.98. The molecule has 0 saturated carbocycles. The van der Waals surface area contributed by atoms with Gasteiger partial charge in [0.15, 0.2) is 11.7 Å². The molecule has 1 aliphatic rings. The summed E-state index contributed by atoms with van der Waals surface area (Å²) in [6.45, 7) is 6.09. The number of carbonyl (C=O) groups is 1. The average molecular weight is 462 g/mol. The third-order valence-corrected chi connectivity index (χ3v) is 5.62. The molecule has 1 aliphatic heterocycles. The van der Waals surface area contributed by atoms with Gasteiger partial charge in [0.2, 0.25) is 0 Å². The van der Waals surface area contributed by atoms with E-state index in [1.165, 1.54) is 19.4 Å². The van der Waals surface area contributed by atoms with Gasteiger partial charge >= 0.3 is 6.18 Å². The van der Waals surface area contributed by atoms with Crippen LogP contribution in [0.15, 0.2) is 47.1 Å². The van der Waals surface area contributed by atoms with Crippen LogP contribution in [0.5, 0.6) is 5.75 Å². The number of benzene rings is 1. The molecule has 0 spiro atoms. The number of amides is 1. The minimum atomic E-state index is -4.55. The molecular weight excluding hydrogens is 437 g/mol. The first-order valence-electron chi connectivity index (χ1n) is 10.4. The predicted molar refractivity (Wildman–Crippen MR) is 117 cm³/mol. The van der Waals surface area contributed by atoms with Crippen LogP contribution in [-0.4, -0.2) is 29.0 Å². The Morgan fingerprint density at radius 2 is 2.00 bits per heavy atom. The van der Waals surface area contributed by atoms with Crippen LogP contribution in [0.1, 0.15) is 61.1 Å². The van der Waals surface area contributed by atoms with E-state index in [1.807, 2.05) is 26.8 Å². The lowest BCUT2D eigenvalue weighted by molar-refractivity contribution is -0.174. The molecule has 7 nitrogen and oxygen atoms in total. The molecule has 0 bridgehead atoms. The fourth-order valence-corrected chi connectivity index (χ4v) is 3.82. The Morgan fingerprint density at radius 3 is 2.61 bits per heavy atom. The highest BCUT2D eigenvalue weighted by molar-refractivity contribution is 6.04. The van der Waals surface area contributed by atoms with Crippen LogP contribution in [0.25, 0.3) is 0 Å². The first kappa shape index (κ1) is 22.8. The minimum Gasteiger partial charge on any atom is -0.495 e. The topological polar surface area (TPSA) is 81.3 Å². The zero-order valence-electron chi connectivity index (χ0n) is 18.7. The van der Waals surface area contributed by atoms with E-state index >= 15 is 0 Å². The number of nitrogens with zero attached hydrogens (tertiary/aromatic N) is 2. The molecule has 0 radical (unpaired) electrons. The summed E-state index contributed by atoms with van der Waals surface area (Å²) in [5.74, 6) is 0.264. The average Bonchev–Trinajstić information content (AvgIpc) is 3.41. The van der Waals surface area contributed by atoms with Crippen LogP contribution in [0.3, 0.4) is 0 Å². The number of aromatic nitrogens is 2. The maximum absolute atomic E-state index is 13.8. The van der Waals surface area contributed by atoms with E-state index in [9.17, 15) is 18.0 Å². The standard InChI is InChI=1S/C23H25F3N4O3/c1-22(2,3)13-7-8-17(32-4)14(10-13)28-21(31)16-12-20-27-15(18-6-5-9-33-18)11-19(23(24,25)26)30(20)29-16/h5-10,12,15,19,27H,11H2,1-4H3,(H,28,31)/t15-,19-/m1/s1. The molecule has 0 unspecified atom stereocenters. The molecule has 2 atom stereocenters. The second kappa shape index (κ2) is 8.17. The van der Waals surface area contributed by atoms with Crippen molar-refractivity contribution in [2.45, 2.75) is 50.9 Å². The van der Waals surface area contributed by atoms with E-state index in [4.69, 9.17) is 9.15 Å². The second-order valence-electron chi connectivity index (χ2n) is 8.98. The molecule has 2 N–H and O–H groups in total. The van der Waals surface area contributed by atoms with E-state index < -0.39 is 24.2 Å². The molecule has 33 heavy (non-hydrogen) atoms. The Morgan fingerprint density at radius 1 is 1.24 bits per heavy atom. The number of alkyl halides is 3. The van der Waals surface area contributed by atoms with Gasteiger partial charge in [-0.25, -0.2) is 4.68 Å². The van der Waals surface area contributed by atoms with E-state index in [1.54, 1.807) is 24.3 Å². The SMILES string of the molecule is COc1ccc(C(C)(C)C)cc1NC(=O)c1cc2n(n1)[C@@H](C(F)(F)F)C[C@H](c1ccco1)N2. The van der Waals surface area contributed by atoms with E-state index in [0.717, 1.165) is 10.2 Å². The van der Waals surface area contributed by atoms with Gasteiger partial charge in [-0.3, -0.25) is 4.79 Å². The Labute approximate surface area is 188 Å². The summed E-state index contributed by atoms with van der Waals surface area (Å²) in [5, 5.41) is 9.71. The fraction of sp³-hybridized carbons (Fsp3) is 0.391. The quantitative estimate of drug-likeness (QED) is 0.520. The molecule has 1 amide bonds. The molecule has 3 heterocycles. The van der Waals surface area contributed by atoms with Gasteiger partial charge in [0.1, 0.15) is 17.3 Å². The number of fused-ring (bicyclic) bond motifs is 1. The first-order chi connectivity index (χ1) is 15.5. The maximum atomic E-state index is 13.8. The summed E-state index contributed by atoms with van der Waals surface area (Å²) < 4.78 is 52.9. The highest BCUT2D eigenvalue weighted by Gasteiger charge is 2.47. The third-order valence-electron chi connectivity index (χ3n) is 5.62. The van der Waals surface area contributed by atoms with Crippen molar-refractivity contribution in [3.8, 4) is 5.75 Å². The van der Waals surface area contributed by atoms with Gasteiger partial charge in [-0.2, -0.15) is 18.3 Å². The molecule has 1 aromatic carbocycles. The number of hydrogen-bond donors (Lipinski definition) is 2. The molecule has 2 aromatic heterocycles. The van der Waals surface area contributed by atoms with Gasteiger partial charge in [-0.1, -0.05) is 26.8 Å². The highest BCUT2D eigenvalue weighted by Crippen LogP contribution is 2.43. The van der Waals surface area contributed by atoms with Crippen LogP contribution in [0.2, 0.25) is 0 Å². The molecule has 0 aliphatic carbocycles. The van der Waals surface area contributed by atoms with Crippen molar-refractivity contribution in [1.29, 1.82) is 0 Å². The van der Waals surface area contributed by atoms with Gasteiger partial charge in [0.25, 0.3) is 5.91 Å². The lowest BCUT2D eigenvalue weighted by Gasteiger charge is -2.32. The Kier molecular flexibility index (Phi) is 5.63. The zero-order valence-corrected chi connectivity index (χ0v) is 18.7. The summed E-state index contributed by atoms with van der Waals surface area (Å²) in [6.07, 6.45) is -3.45. The van der Waals surface area contributed by atoms with Crippen LogP contribution < -0.4 is 15.4 Å². The fourth-order valence-electron chi connectivity index (χ4n) is 3.82. The molecule has 0 saturated heterocycles. The minimum absolute atomic E-state index is 0.0885. The van der Waals surface area contributed by atoms with Crippen molar-refractivity contribution in [1.82, 2.24) is 9.78 Å². The molecular formula is C23H25F3N4O3. The smallest absolute Gasteiger partial charge is 0.410 e. The number of anilines is 2. The largest absolute Gasteiger partial charge is 0.495 e. The van der Waals surface area contributed by atoms with Crippen molar-refractivity contribution < 1.29 is 27.1 Å². The summed E-state index contributed by atoms with van der Waals surface area (Å²) in [4.78, 5) is 13.0.